The lowest BCUT2D eigenvalue weighted by Crippen LogP contribution is -2.44. The van der Waals surface area contributed by atoms with Gasteiger partial charge >= 0.3 is 0 Å². The van der Waals surface area contributed by atoms with Crippen LogP contribution in [0.3, 0.4) is 0 Å². The molecule has 0 aliphatic heterocycles. The van der Waals surface area contributed by atoms with E-state index in [1.165, 1.54) is 12.8 Å². The second-order valence-electron chi connectivity index (χ2n) is 3.32. The van der Waals surface area contributed by atoms with E-state index < -0.39 is 0 Å². The maximum atomic E-state index is 5.10. The molecule has 0 amide bonds. The quantitative estimate of drug-likeness (QED) is 0.584. The average Bonchev–Trinajstić information content (AvgIpc) is 1.78. The minimum Gasteiger partial charge on any atom is -0.384 e. The molecule has 1 fully saturated rings. The van der Waals surface area contributed by atoms with E-state index in [-0.39, 0.29) is 0 Å². The molecule has 0 spiro atoms. The first kappa shape index (κ1) is 8.02. The molecule has 1 saturated carbocycles. The van der Waals surface area contributed by atoms with Crippen LogP contribution >= 0.6 is 0 Å². The Bertz CT molecular complexity index is 103. The zero-order valence-electron chi connectivity index (χ0n) is 7.13. The van der Waals surface area contributed by atoms with Gasteiger partial charge in [0.1, 0.15) is 0 Å². The van der Waals surface area contributed by atoms with Crippen molar-refractivity contribution in [2.75, 3.05) is 27.8 Å². The van der Waals surface area contributed by atoms with Gasteiger partial charge in [0.15, 0.2) is 0 Å². The Balaban J connectivity index is 2.22. The minimum atomic E-state index is 0.778. The van der Waals surface area contributed by atoms with Crippen LogP contribution in [0.1, 0.15) is 12.8 Å². The molecule has 1 aliphatic rings. The van der Waals surface area contributed by atoms with Crippen LogP contribution in [0.15, 0.2) is 0 Å². The molecule has 1 aliphatic carbocycles. The molecule has 0 radical (unpaired) electrons. The zero-order valence-corrected chi connectivity index (χ0v) is 7.13. The monoisotopic (exact) mass is 143 g/mol. The molecular weight excluding hydrogens is 126 g/mol. The molecule has 0 aromatic carbocycles. The van der Waals surface area contributed by atoms with Crippen molar-refractivity contribution < 1.29 is 4.74 Å². The SMILES string of the molecule is COCC1CCC1N(C)C. The Kier molecular flexibility index (Phi) is 2.69. The molecule has 60 valence electrons. The van der Waals surface area contributed by atoms with Crippen molar-refractivity contribution in [3.05, 3.63) is 0 Å². The van der Waals surface area contributed by atoms with E-state index in [9.17, 15) is 0 Å². The maximum Gasteiger partial charge on any atom is 0.0505 e. The third kappa shape index (κ3) is 1.50. The van der Waals surface area contributed by atoms with Gasteiger partial charge in [-0.2, -0.15) is 0 Å². The zero-order chi connectivity index (χ0) is 7.56. The van der Waals surface area contributed by atoms with E-state index >= 15 is 0 Å². The lowest BCUT2D eigenvalue weighted by molar-refractivity contribution is 0.0347. The van der Waals surface area contributed by atoms with Gasteiger partial charge in [-0.1, -0.05) is 0 Å². The predicted molar refractivity (Wildman–Crippen MR) is 42.1 cm³/mol. The van der Waals surface area contributed by atoms with Gasteiger partial charge in [-0.05, 0) is 32.9 Å². The number of ether oxygens (including phenoxy) is 1. The summed E-state index contributed by atoms with van der Waals surface area (Å²) >= 11 is 0. The van der Waals surface area contributed by atoms with Gasteiger partial charge < -0.3 is 9.64 Å². The Morgan fingerprint density at radius 3 is 2.40 bits per heavy atom. The highest BCUT2D eigenvalue weighted by Crippen LogP contribution is 2.30. The topological polar surface area (TPSA) is 12.5 Å². The van der Waals surface area contributed by atoms with Gasteiger partial charge in [0.25, 0.3) is 0 Å². The van der Waals surface area contributed by atoms with Gasteiger partial charge in [0, 0.05) is 13.2 Å². The summed E-state index contributed by atoms with van der Waals surface area (Å²) in [5.41, 5.74) is 0. The summed E-state index contributed by atoms with van der Waals surface area (Å²) in [6.45, 7) is 0.933. The summed E-state index contributed by atoms with van der Waals surface area (Å²) in [6.07, 6.45) is 2.69. The average molecular weight is 143 g/mol. The Morgan fingerprint density at radius 2 is 2.10 bits per heavy atom. The minimum absolute atomic E-state index is 0.778. The summed E-state index contributed by atoms with van der Waals surface area (Å²) in [4.78, 5) is 2.30. The first-order valence-electron chi connectivity index (χ1n) is 3.91. The third-order valence-corrected chi connectivity index (χ3v) is 2.42. The molecule has 0 saturated heterocycles. The van der Waals surface area contributed by atoms with Gasteiger partial charge in [-0.25, -0.2) is 0 Å². The number of hydrogen-bond donors (Lipinski definition) is 0. The van der Waals surface area contributed by atoms with Crippen LogP contribution in [-0.2, 0) is 4.74 Å². The van der Waals surface area contributed by atoms with Gasteiger partial charge in [0.05, 0.1) is 6.61 Å². The van der Waals surface area contributed by atoms with Crippen LogP contribution in [0.5, 0.6) is 0 Å². The lowest BCUT2D eigenvalue weighted by Gasteiger charge is -2.40. The van der Waals surface area contributed by atoms with Gasteiger partial charge in [-0.3, -0.25) is 0 Å². The molecule has 2 unspecified atom stereocenters. The van der Waals surface area contributed by atoms with Crippen molar-refractivity contribution >= 4 is 0 Å². The van der Waals surface area contributed by atoms with Crippen molar-refractivity contribution in [2.45, 2.75) is 18.9 Å². The summed E-state index contributed by atoms with van der Waals surface area (Å²) < 4.78 is 5.10. The van der Waals surface area contributed by atoms with E-state index in [2.05, 4.69) is 19.0 Å². The number of rotatable bonds is 3. The van der Waals surface area contributed by atoms with Crippen molar-refractivity contribution in [3.8, 4) is 0 Å². The number of methoxy groups -OCH3 is 1. The fourth-order valence-electron chi connectivity index (χ4n) is 1.64. The Labute approximate surface area is 63.2 Å². The predicted octanol–water partition coefficient (Wildman–Crippen LogP) is 0.973. The Hall–Kier alpha value is -0.0800. The van der Waals surface area contributed by atoms with Crippen LogP contribution in [0.25, 0.3) is 0 Å². The van der Waals surface area contributed by atoms with Crippen molar-refractivity contribution in [1.82, 2.24) is 4.90 Å². The van der Waals surface area contributed by atoms with E-state index in [1.807, 2.05) is 0 Å². The fraction of sp³-hybridized carbons (Fsp3) is 1.00. The highest BCUT2D eigenvalue weighted by atomic mass is 16.5. The maximum absolute atomic E-state index is 5.10. The van der Waals surface area contributed by atoms with Crippen molar-refractivity contribution in [3.63, 3.8) is 0 Å². The van der Waals surface area contributed by atoms with Crippen LogP contribution in [0.2, 0.25) is 0 Å². The normalized spacial score (nSPS) is 32.4. The smallest absolute Gasteiger partial charge is 0.0505 e. The van der Waals surface area contributed by atoms with Crippen molar-refractivity contribution in [1.29, 1.82) is 0 Å². The summed E-state index contributed by atoms with van der Waals surface area (Å²) in [7, 11) is 6.07. The van der Waals surface area contributed by atoms with Crippen LogP contribution in [0.4, 0.5) is 0 Å². The van der Waals surface area contributed by atoms with Gasteiger partial charge in [-0.15, -0.1) is 0 Å². The third-order valence-electron chi connectivity index (χ3n) is 2.42. The molecule has 10 heavy (non-hydrogen) atoms. The molecule has 2 atom stereocenters. The second kappa shape index (κ2) is 3.35. The van der Waals surface area contributed by atoms with Crippen molar-refractivity contribution in [2.24, 2.45) is 5.92 Å². The summed E-state index contributed by atoms with van der Waals surface area (Å²) in [5, 5.41) is 0. The molecule has 0 bridgehead atoms. The molecule has 0 aromatic heterocycles. The van der Waals surface area contributed by atoms with Gasteiger partial charge in [0.2, 0.25) is 0 Å². The number of nitrogens with zero attached hydrogens (tertiary/aromatic N) is 1. The number of hydrogen-bond acceptors (Lipinski definition) is 2. The van der Waals surface area contributed by atoms with E-state index in [1.54, 1.807) is 7.11 Å². The highest BCUT2D eigenvalue weighted by Gasteiger charge is 2.31. The molecule has 1 rings (SSSR count). The molecule has 0 heterocycles. The van der Waals surface area contributed by atoms with E-state index in [0.717, 1.165) is 18.6 Å². The van der Waals surface area contributed by atoms with E-state index in [4.69, 9.17) is 4.74 Å². The first-order valence-corrected chi connectivity index (χ1v) is 3.91. The van der Waals surface area contributed by atoms with Crippen LogP contribution in [-0.4, -0.2) is 38.8 Å². The molecule has 0 aromatic rings. The molecule has 2 heteroatoms. The lowest BCUT2D eigenvalue weighted by atomic mass is 9.79. The highest BCUT2D eigenvalue weighted by molar-refractivity contribution is 4.85. The summed E-state index contributed by atoms with van der Waals surface area (Å²) in [5.74, 6) is 0.792. The molecule has 2 nitrogen and oxygen atoms in total. The summed E-state index contributed by atoms with van der Waals surface area (Å²) in [6, 6.07) is 0.778. The molecular formula is C8H17NO. The first-order chi connectivity index (χ1) is 4.75. The Morgan fingerprint density at radius 1 is 1.40 bits per heavy atom. The van der Waals surface area contributed by atoms with E-state index in [0.29, 0.717) is 0 Å². The standard InChI is InChI=1S/C8H17NO/c1-9(2)8-5-4-7(8)6-10-3/h7-8H,4-6H2,1-3H3. The largest absolute Gasteiger partial charge is 0.384 e. The molecule has 0 N–H and O–H groups in total. The fourth-order valence-corrected chi connectivity index (χ4v) is 1.64. The van der Waals surface area contributed by atoms with Crippen LogP contribution in [0, 0.1) is 5.92 Å². The van der Waals surface area contributed by atoms with Crippen LogP contribution < -0.4 is 0 Å². The second-order valence-corrected chi connectivity index (χ2v) is 3.32.